The van der Waals surface area contributed by atoms with E-state index in [9.17, 15) is 9.59 Å². The third kappa shape index (κ3) is 2.88. The highest BCUT2D eigenvalue weighted by Crippen LogP contribution is 2.11. The summed E-state index contributed by atoms with van der Waals surface area (Å²) in [4.78, 5) is 33.2. The highest BCUT2D eigenvalue weighted by molar-refractivity contribution is 5.95. The Hall–Kier alpha value is -3.68. The molecule has 0 aliphatic carbocycles. The fourth-order valence-electron chi connectivity index (χ4n) is 2.85. The molecule has 0 saturated carbocycles. The zero-order valence-corrected chi connectivity index (χ0v) is 14.0. The van der Waals surface area contributed by atoms with E-state index in [1.165, 1.54) is 0 Å². The van der Waals surface area contributed by atoms with Gasteiger partial charge in [0.2, 0.25) is 5.91 Å². The highest BCUT2D eigenvalue weighted by atomic mass is 16.2. The van der Waals surface area contributed by atoms with Crippen molar-refractivity contribution in [3.63, 3.8) is 0 Å². The molecule has 2 amide bonds. The van der Waals surface area contributed by atoms with Crippen LogP contribution in [0.2, 0.25) is 0 Å². The lowest BCUT2D eigenvalue weighted by Gasteiger charge is -2.07. The summed E-state index contributed by atoms with van der Waals surface area (Å²) < 4.78 is 3.52. The summed E-state index contributed by atoms with van der Waals surface area (Å²) in [6.07, 6.45) is 5.46. The average Bonchev–Trinajstić information content (AvgIpc) is 3.18. The maximum absolute atomic E-state index is 12.4. The molecule has 8 heteroatoms. The Morgan fingerprint density at radius 1 is 1.00 bits per heavy atom. The van der Waals surface area contributed by atoms with Crippen LogP contribution in [0.5, 0.6) is 0 Å². The molecular weight excluding hydrogens is 332 g/mol. The molecule has 0 aliphatic rings. The zero-order chi connectivity index (χ0) is 18.1. The predicted octanol–water partition coefficient (Wildman–Crippen LogP) is 1.29. The number of imidazole rings is 2. The van der Waals surface area contributed by atoms with Crippen LogP contribution < -0.4 is 10.9 Å². The summed E-state index contributed by atoms with van der Waals surface area (Å²) in [6.45, 7) is 1.75. The van der Waals surface area contributed by atoms with Crippen molar-refractivity contribution in [2.75, 3.05) is 0 Å². The first kappa shape index (κ1) is 15.8. The van der Waals surface area contributed by atoms with E-state index in [1.54, 1.807) is 23.7 Å². The lowest BCUT2D eigenvalue weighted by molar-refractivity contribution is -0.121. The van der Waals surface area contributed by atoms with E-state index in [4.69, 9.17) is 0 Å². The fraction of sp³-hybridized carbons (Fsp3) is 0.111. The molecule has 0 radical (unpaired) electrons. The van der Waals surface area contributed by atoms with Crippen LogP contribution in [0.4, 0.5) is 0 Å². The number of carbonyl (C=O) groups is 2. The first-order valence-corrected chi connectivity index (χ1v) is 8.07. The molecule has 0 aromatic carbocycles. The van der Waals surface area contributed by atoms with Crippen LogP contribution in [0.15, 0.2) is 55.0 Å². The second-order valence-electron chi connectivity index (χ2n) is 5.85. The summed E-state index contributed by atoms with van der Waals surface area (Å²) in [5, 5.41) is 0. The predicted molar refractivity (Wildman–Crippen MR) is 94.4 cm³/mol. The standard InChI is InChI=1S/C18H16N6O2/c1-12-17(24-9-5-3-7-15(24)19-12)18(26)22-21-16(25)10-13-11-23-8-4-2-6-14(23)20-13/h2-9,11H,10H2,1H3,(H,21,25)(H,22,26). The van der Waals surface area contributed by atoms with Crippen molar-refractivity contribution in [1.29, 1.82) is 0 Å². The molecule has 4 rings (SSSR count). The number of rotatable bonds is 3. The Morgan fingerprint density at radius 3 is 2.58 bits per heavy atom. The molecule has 0 spiro atoms. The SMILES string of the molecule is Cc1nc2ccccn2c1C(=O)NNC(=O)Cc1cn2ccccc2n1. The summed E-state index contributed by atoms with van der Waals surface area (Å²) >= 11 is 0. The van der Waals surface area contributed by atoms with Gasteiger partial charge >= 0.3 is 0 Å². The molecular formula is C18H16N6O2. The smallest absolute Gasteiger partial charge is 0.288 e. The number of nitrogens with one attached hydrogen (secondary N) is 2. The van der Waals surface area contributed by atoms with Gasteiger partial charge in [-0.25, -0.2) is 9.97 Å². The quantitative estimate of drug-likeness (QED) is 0.546. The van der Waals surface area contributed by atoms with Gasteiger partial charge < -0.3 is 4.40 Å². The van der Waals surface area contributed by atoms with Crippen molar-refractivity contribution in [3.8, 4) is 0 Å². The van der Waals surface area contributed by atoms with Crippen LogP contribution in [0.3, 0.4) is 0 Å². The molecule has 0 saturated heterocycles. The summed E-state index contributed by atoms with van der Waals surface area (Å²) in [7, 11) is 0. The van der Waals surface area contributed by atoms with Gasteiger partial charge in [-0.2, -0.15) is 0 Å². The molecule has 26 heavy (non-hydrogen) atoms. The normalized spacial score (nSPS) is 11.0. The lowest BCUT2D eigenvalue weighted by Crippen LogP contribution is -2.43. The second-order valence-corrected chi connectivity index (χ2v) is 5.85. The fourth-order valence-corrected chi connectivity index (χ4v) is 2.85. The van der Waals surface area contributed by atoms with Gasteiger partial charge in [-0.1, -0.05) is 12.1 Å². The van der Waals surface area contributed by atoms with Crippen molar-refractivity contribution in [2.24, 2.45) is 0 Å². The highest BCUT2D eigenvalue weighted by Gasteiger charge is 2.17. The van der Waals surface area contributed by atoms with Crippen LogP contribution in [-0.4, -0.2) is 30.6 Å². The maximum Gasteiger partial charge on any atom is 0.288 e. The third-order valence-corrected chi connectivity index (χ3v) is 3.99. The number of nitrogens with zero attached hydrogens (tertiary/aromatic N) is 4. The number of carbonyl (C=O) groups excluding carboxylic acids is 2. The number of fused-ring (bicyclic) bond motifs is 2. The first-order valence-electron chi connectivity index (χ1n) is 8.07. The van der Waals surface area contributed by atoms with Gasteiger partial charge in [0.25, 0.3) is 5.91 Å². The van der Waals surface area contributed by atoms with E-state index in [-0.39, 0.29) is 12.3 Å². The Bertz CT molecular complexity index is 1090. The van der Waals surface area contributed by atoms with E-state index in [2.05, 4.69) is 20.8 Å². The van der Waals surface area contributed by atoms with Crippen molar-refractivity contribution in [3.05, 3.63) is 72.1 Å². The van der Waals surface area contributed by atoms with Crippen molar-refractivity contribution < 1.29 is 9.59 Å². The molecule has 0 fully saturated rings. The molecule has 130 valence electrons. The monoisotopic (exact) mass is 348 g/mol. The second kappa shape index (κ2) is 6.32. The van der Waals surface area contributed by atoms with Crippen molar-refractivity contribution in [2.45, 2.75) is 13.3 Å². The molecule has 4 aromatic rings. The van der Waals surface area contributed by atoms with E-state index < -0.39 is 5.91 Å². The van der Waals surface area contributed by atoms with E-state index in [0.29, 0.717) is 22.7 Å². The zero-order valence-electron chi connectivity index (χ0n) is 14.0. The van der Waals surface area contributed by atoms with Gasteiger partial charge in [0, 0.05) is 18.6 Å². The largest absolute Gasteiger partial charge is 0.307 e. The minimum atomic E-state index is -0.426. The molecule has 4 aromatic heterocycles. The Balaban J connectivity index is 1.43. The van der Waals surface area contributed by atoms with Gasteiger partial charge in [0.1, 0.15) is 17.0 Å². The Morgan fingerprint density at radius 2 is 1.77 bits per heavy atom. The Kier molecular flexibility index (Phi) is 3.85. The van der Waals surface area contributed by atoms with Gasteiger partial charge in [-0.05, 0) is 31.2 Å². The van der Waals surface area contributed by atoms with Crippen LogP contribution >= 0.6 is 0 Å². The number of hydrogen-bond donors (Lipinski definition) is 2. The van der Waals surface area contributed by atoms with Gasteiger partial charge in [0.05, 0.1) is 17.8 Å². The van der Waals surface area contributed by atoms with Crippen molar-refractivity contribution in [1.82, 2.24) is 29.6 Å². The minimum absolute atomic E-state index is 0.0636. The van der Waals surface area contributed by atoms with E-state index in [1.807, 2.05) is 47.0 Å². The molecule has 0 atom stereocenters. The van der Waals surface area contributed by atoms with Crippen LogP contribution in [0.1, 0.15) is 21.9 Å². The number of hydrazine groups is 1. The van der Waals surface area contributed by atoms with Gasteiger partial charge in [-0.15, -0.1) is 0 Å². The van der Waals surface area contributed by atoms with Crippen LogP contribution in [-0.2, 0) is 11.2 Å². The van der Waals surface area contributed by atoms with E-state index >= 15 is 0 Å². The lowest BCUT2D eigenvalue weighted by atomic mass is 10.3. The van der Waals surface area contributed by atoms with Crippen molar-refractivity contribution >= 4 is 23.1 Å². The summed E-state index contributed by atoms with van der Waals surface area (Å²) in [5.41, 5.74) is 7.89. The number of aryl methyl sites for hydroxylation is 1. The van der Waals surface area contributed by atoms with Gasteiger partial charge in [0.15, 0.2) is 0 Å². The number of pyridine rings is 2. The summed E-state index contributed by atoms with van der Waals surface area (Å²) in [5.74, 6) is -0.780. The minimum Gasteiger partial charge on any atom is -0.307 e. The van der Waals surface area contributed by atoms with E-state index in [0.717, 1.165) is 5.65 Å². The van der Waals surface area contributed by atoms with Gasteiger partial charge in [-0.3, -0.25) is 24.8 Å². The molecule has 2 N–H and O–H groups in total. The Labute approximate surface area is 148 Å². The van der Waals surface area contributed by atoms with Crippen LogP contribution in [0, 0.1) is 6.92 Å². The number of hydrogen-bond acceptors (Lipinski definition) is 4. The molecule has 4 heterocycles. The summed E-state index contributed by atoms with van der Waals surface area (Å²) in [6, 6.07) is 11.1. The molecule has 0 aliphatic heterocycles. The average molecular weight is 348 g/mol. The maximum atomic E-state index is 12.4. The number of amides is 2. The third-order valence-electron chi connectivity index (χ3n) is 3.99. The molecule has 0 unspecified atom stereocenters. The molecule has 8 nitrogen and oxygen atoms in total. The van der Waals surface area contributed by atoms with Crippen LogP contribution in [0.25, 0.3) is 11.3 Å². The molecule has 0 bridgehead atoms. The number of aromatic nitrogens is 4. The topological polar surface area (TPSA) is 92.8 Å². The first-order chi connectivity index (χ1) is 12.6.